The van der Waals surface area contributed by atoms with Gasteiger partial charge >= 0.3 is 5.97 Å². The fraction of sp³-hybridized carbons (Fsp3) is 0.200. The van der Waals surface area contributed by atoms with Crippen molar-refractivity contribution in [2.75, 3.05) is 13.2 Å². The summed E-state index contributed by atoms with van der Waals surface area (Å²) in [5.74, 6) is 0.374. The number of para-hydroxylation sites is 1. The Morgan fingerprint density at radius 1 is 1.17 bits per heavy atom. The van der Waals surface area contributed by atoms with E-state index in [1.807, 2.05) is 42.5 Å². The molecule has 0 fully saturated rings. The summed E-state index contributed by atoms with van der Waals surface area (Å²) in [4.78, 5) is 23.4. The van der Waals surface area contributed by atoms with Gasteiger partial charge in [-0.15, -0.1) is 0 Å². The number of rotatable bonds is 4. The summed E-state index contributed by atoms with van der Waals surface area (Å²) in [6, 6.07) is 13.1. The van der Waals surface area contributed by atoms with Gasteiger partial charge in [0.2, 0.25) is 0 Å². The molecule has 0 atom stereocenters. The lowest BCUT2D eigenvalue weighted by atomic mass is 9.97. The Balaban J connectivity index is 2.10. The number of carbonyl (C=O) groups is 2. The van der Waals surface area contributed by atoms with Crippen molar-refractivity contribution in [3.8, 4) is 16.9 Å². The molecular formula is C20H18O4. The fourth-order valence-corrected chi connectivity index (χ4v) is 2.79. The minimum Gasteiger partial charge on any atom is -0.492 e. The van der Waals surface area contributed by atoms with Crippen LogP contribution in [0.3, 0.4) is 0 Å². The zero-order valence-corrected chi connectivity index (χ0v) is 13.5. The van der Waals surface area contributed by atoms with Crippen molar-refractivity contribution in [2.24, 2.45) is 0 Å². The van der Waals surface area contributed by atoms with Crippen LogP contribution in [-0.2, 0) is 9.53 Å². The standard InChI is InChI=1S/C20H18O4/c1-2-23-20(22)15-10-11-24-19-14(12-15)7-5-9-18(19)17-8-4-3-6-16(17)13-21/h3-9,12-13H,2,10-11H2,1H3. The maximum absolute atomic E-state index is 12.0. The van der Waals surface area contributed by atoms with Gasteiger partial charge in [0.1, 0.15) is 5.75 Å². The second kappa shape index (κ2) is 7.13. The molecule has 0 unspecified atom stereocenters. The van der Waals surface area contributed by atoms with E-state index in [0.717, 1.165) is 23.0 Å². The molecule has 2 aromatic carbocycles. The lowest BCUT2D eigenvalue weighted by Gasteiger charge is -2.13. The van der Waals surface area contributed by atoms with Crippen LogP contribution in [-0.4, -0.2) is 25.5 Å². The zero-order chi connectivity index (χ0) is 16.9. The molecule has 122 valence electrons. The van der Waals surface area contributed by atoms with Crippen LogP contribution < -0.4 is 4.74 Å². The number of carbonyl (C=O) groups excluding carboxylic acids is 2. The van der Waals surface area contributed by atoms with Crippen LogP contribution in [0.4, 0.5) is 0 Å². The van der Waals surface area contributed by atoms with E-state index in [9.17, 15) is 9.59 Å². The van der Waals surface area contributed by atoms with E-state index in [-0.39, 0.29) is 5.97 Å². The maximum Gasteiger partial charge on any atom is 0.334 e. The Bertz CT molecular complexity index is 805. The highest BCUT2D eigenvalue weighted by molar-refractivity contribution is 5.96. The molecule has 0 amide bonds. The number of benzene rings is 2. The van der Waals surface area contributed by atoms with Gasteiger partial charge in [-0.3, -0.25) is 4.79 Å². The van der Waals surface area contributed by atoms with Gasteiger partial charge < -0.3 is 9.47 Å². The fourth-order valence-electron chi connectivity index (χ4n) is 2.79. The van der Waals surface area contributed by atoms with E-state index < -0.39 is 0 Å². The van der Waals surface area contributed by atoms with Crippen molar-refractivity contribution >= 4 is 18.3 Å². The highest BCUT2D eigenvalue weighted by atomic mass is 16.5. The molecule has 0 saturated carbocycles. The minimum absolute atomic E-state index is 0.312. The van der Waals surface area contributed by atoms with Crippen molar-refractivity contribution < 1.29 is 19.1 Å². The first-order chi connectivity index (χ1) is 11.7. The molecule has 0 N–H and O–H groups in total. The monoisotopic (exact) mass is 322 g/mol. The Labute approximate surface area is 140 Å². The first-order valence-corrected chi connectivity index (χ1v) is 7.92. The maximum atomic E-state index is 12.0. The largest absolute Gasteiger partial charge is 0.492 e. The van der Waals surface area contributed by atoms with Crippen molar-refractivity contribution in [2.45, 2.75) is 13.3 Å². The molecular weight excluding hydrogens is 304 g/mol. The SMILES string of the molecule is CCOC(=O)C1=Cc2cccc(-c3ccccc3C=O)c2OCC1. The van der Waals surface area contributed by atoms with E-state index in [2.05, 4.69) is 0 Å². The Hall–Kier alpha value is -2.88. The highest BCUT2D eigenvalue weighted by Crippen LogP contribution is 2.37. The first kappa shape index (κ1) is 16.0. The molecule has 4 nitrogen and oxygen atoms in total. The lowest BCUT2D eigenvalue weighted by molar-refractivity contribution is -0.138. The van der Waals surface area contributed by atoms with Crippen LogP contribution in [0.15, 0.2) is 48.0 Å². The predicted molar refractivity (Wildman–Crippen MR) is 92.0 cm³/mol. The van der Waals surface area contributed by atoms with Gasteiger partial charge in [0, 0.05) is 28.7 Å². The third-order valence-corrected chi connectivity index (χ3v) is 3.91. The third kappa shape index (κ3) is 3.08. The topological polar surface area (TPSA) is 52.6 Å². The van der Waals surface area contributed by atoms with Gasteiger partial charge in [-0.2, -0.15) is 0 Å². The summed E-state index contributed by atoms with van der Waals surface area (Å²) in [6.45, 7) is 2.52. The van der Waals surface area contributed by atoms with E-state index in [4.69, 9.17) is 9.47 Å². The van der Waals surface area contributed by atoms with E-state index in [1.165, 1.54) is 0 Å². The van der Waals surface area contributed by atoms with Crippen LogP contribution in [0.5, 0.6) is 5.75 Å². The van der Waals surface area contributed by atoms with Crippen molar-refractivity contribution in [3.63, 3.8) is 0 Å². The van der Waals surface area contributed by atoms with Crippen LogP contribution in [0.1, 0.15) is 29.3 Å². The molecule has 0 radical (unpaired) electrons. The number of hydrogen-bond donors (Lipinski definition) is 0. The molecule has 24 heavy (non-hydrogen) atoms. The van der Waals surface area contributed by atoms with Crippen LogP contribution in [0, 0.1) is 0 Å². The Morgan fingerprint density at radius 2 is 1.96 bits per heavy atom. The Kier molecular flexibility index (Phi) is 4.75. The summed E-state index contributed by atoms with van der Waals surface area (Å²) >= 11 is 0. The van der Waals surface area contributed by atoms with E-state index in [1.54, 1.807) is 13.0 Å². The summed E-state index contributed by atoms with van der Waals surface area (Å²) < 4.78 is 11.0. The number of ether oxygens (including phenoxy) is 2. The van der Waals surface area contributed by atoms with Gasteiger partial charge in [-0.1, -0.05) is 42.5 Å². The average Bonchev–Trinajstić information content (AvgIpc) is 2.84. The van der Waals surface area contributed by atoms with Crippen LogP contribution >= 0.6 is 0 Å². The summed E-state index contributed by atoms with van der Waals surface area (Å²) in [7, 11) is 0. The number of fused-ring (bicyclic) bond motifs is 1. The molecule has 3 rings (SSSR count). The summed E-state index contributed by atoms with van der Waals surface area (Å²) in [5, 5.41) is 0. The molecule has 0 saturated heterocycles. The zero-order valence-electron chi connectivity index (χ0n) is 13.5. The normalized spacial score (nSPS) is 13.1. The number of esters is 1. The van der Waals surface area contributed by atoms with Crippen molar-refractivity contribution in [3.05, 3.63) is 59.2 Å². The van der Waals surface area contributed by atoms with Gasteiger partial charge in [-0.25, -0.2) is 4.79 Å². The van der Waals surface area contributed by atoms with Gasteiger partial charge in [0.15, 0.2) is 6.29 Å². The van der Waals surface area contributed by atoms with E-state index >= 15 is 0 Å². The molecule has 0 aliphatic carbocycles. The average molecular weight is 322 g/mol. The van der Waals surface area contributed by atoms with E-state index in [0.29, 0.717) is 36.5 Å². The van der Waals surface area contributed by atoms with Gasteiger partial charge in [0.05, 0.1) is 13.2 Å². The summed E-state index contributed by atoms with van der Waals surface area (Å²) in [5.41, 5.74) is 3.67. The predicted octanol–water partition coefficient (Wildman–Crippen LogP) is 3.90. The third-order valence-electron chi connectivity index (χ3n) is 3.91. The lowest BCUT2D eigenvalue weighted by Crippen LogP contribution is -2.09. The molecule has 4 heteroatoms. The van der Waals surface area contributed by atoms with Crippen molar-refractivity contribution in [1.29, 1.82) is 0 Å². The first-order valence-electron chi connectivity index (χ1n) is 7.92. The molecule has 1 aliphatic rings. The second-order valence-electron chi connectivity index (χ2n) is 5.42. The van der Waals surface area contributed by atoms with Crippen LogP contribution in [0.2, 0.25) is 0 Å². The molecule has 1 heterocycles. The smallest absolute Gasteiger partial charge is 0.334 e. The molecule has 0 bridgehead atoms. The molecule has 0 aromatic heterocycles. The van der Waals surface area contributed by atoms with Gasteiger partial charge in [-0.05, 0) is 18.6 Å². The minimum atomic E-state index is -0.312. The van der Waals surface area contributed by atoms with Crippen molar-refractivity contribution in [1.82, 2.24) is 0 Å². The quantitative estimate of drug-likeness (QED) is 0.633. The summed E-state index contributed by atoms with van der Waals surface area (Å²) in [6.07, 6.45) is 3.14. The highest BCUT2D eigenvalue weighted by Gasteiger charge is 2.19. The molecule has 0 spiro atoms. The van der Waals surface area contributed by atoms with Crippen LogP contribution in [0.25, 0.3) is 17.2 Å². The molecule has 2 aromatic rings. The second-order valence-corrected chi connectivity index (χ2v) is 5.42. The Morgan fingerprint density at radius 3 is 2.75 bits per heavy atom. The number of hydrogen-bond acceptors (Lipinski definition) is 4. The van der Waals surface area contributed by atoms with Gasteiger partial charge in [0.25, 0.3) is 0 Å². The number of aldehydes is 1. The molecule has 1 aliphatic heterocycles.